The van der Waals surface area contributed by atoms with Crippen LogP contribution in [0.15, 0.2) is 61.2 Å². The normalized spacial score (nSPS) is 11.4. The summed E-state index contributed by atoms with van der Waals surface area (Å²) in [5.74, 6) is 0.422. The first kappa shape index (κ1) is 23.5. The van der Waals surface area contributed by atoms with Crippen LogP contribution in [0.3, 0.4) is 0 Å². The van der Waals surface area contributed by atoms with Gasteiger partial charge in [0.2, 0.25) is 0 Å². The Hall–Kier alpha value is -4.21. The highest BCUT2D eigenvalue weighted by Gasteiger charge is 2.19. The number of carbonyl (C=O) groups excluding carboxylic acids is 1. The molecule has 0 fully saturated rings. The van der Waals surface area contributed by atoms with Gasteiger partial charge in [-0.05, 0) is 29.3 Å². The molecule has 0 saturated heterocycles. The molecule has 1 aromatic carbocycles. The van der Waals surface area contributed by atoms with Crippen molar-refractivity contribution in [2.24, 2.45) is 0 Å². The van der Waals surface area contributed by atoms with Gasteiger partial charge in [-0.15, -0.1) is 0 Å². The highest BCUT2D eigenvalue weighted by molar-refractivity contribution is 5.77. The van der Waals surface area contributed by atoms with E-state index in [-0.39, 0.29) is 6.42 Å². The summed E-state index contributed by atoms with van der Waals surface area (Å²) < 4.78 is 5.19. The monoisotopic (exact) mass is 450 g/mol. The zero-order valence-electron chi connectivity index (χ0n) is 18.7. The summed E-state index contributed by atoms with van der Waals surface area (Å²) in [6.07, 6.45) is 4.61. The summed E-state index contributed by atoms with van der Waals surface area (Å²) in [5, 5.41) is 12.7. The van der Waals surface area contributed by atoms with E-state index in [2.05, 4.69) is 20.3 Å². The molecular weight excluding hydrogens is 424 g/mol. The molecule has 0 spiro atoms. The fourth-order valence-electron chi connectivity index (χ4n) is 2.98. The first-order valence-electron chi connectivity index (χ1n) is 10.2. The number of hydrogen-bond acceptors (Lipinski definition) is 8. The molecule has 3 rings (SSSR count). The Labute approximate surface area is 191 Å². The number of carboxylic acids is 1. The van der Waals surface area contributed by atoms with Crippen molar-refractivity contribution < 1.29 is 19.4 Å². The van der Waals surface area contributed by atoms with E-state index in [4.69, 9.17) is 4.74 Å². The molecule has 3 aromatic rings. The molecule has 0 bridgehead atoms. The third-order valence-electron chi connectivity index (χ3n) is 4.74. The predicted molar refractivity (Wildman–Crippen MR) is 123 cm³/mol. The molecule has 2 N–H and O–H groups in total. The van der Waals surface area contributed by atoms with Crippen LogP contribution in [0.1, 0.15) is 11.1 Å². The summed E-state index contributed by atoms with van der Waals surface area (Å²) in [6.45, 7) is 0.595. The zero-order chi connectivity index (χ0) is 23.8. The minimum atomic E-state index is -1.01. The van der Waals surface area contributed by atoms with Gasteiger partial charge in [-0.1, -0.05) is 18.2 Å². The van der Waals surface area contributed by atoms with E-state index in [0.717, 1.165) is 11.1 Å². The molecular formula is C23H26N6O4. The molecule has 172 valence electrons. The number of amides is 1. The number of aromatic nitrogens is 3. The molecule has 2 aromatic heterocycles. The topological polar surface area (TPSA) is 121 Å². The van der Waals surface area contributed by atoms with Gasteiger partial charge in [0.05, 0.1) is 0 Å². The maximum absolute atomic E-state index is 11.9. The molecule has 0 aliphatic heterocycles. The SMILES string of the molecule is CN(C)C(=O)Oc1ccc(C[C@H](Nc2cc(N(C)Cc3cccnc3)ncn2)C(=O)O)cc1. The maximum atomic E-state index is 11.9. The number of anilines is 2. The van der Waals surface area contributed by atoms with E-state index in [0.29, 0.717) is 23.9 Å². The van der Waals surface area contributed by atoms with Crippen LogP contribution in [0.5, 0.6) is 5.75 Å². The Bertz CT molecular complexity index is 1080. The molecule has 0 saturated carbocycles. The Morgan fingerprint density at radius 3 is 2.48 bits per heavy atom. The zero-order valence-corrected chi connectivity index (χ0v) is 18.7. The van der Waals surface area contributed by atoms with Crippen LogP contribution in [0, 0.1) is 0 Å². The molecule has 0 unspecified atom stereocenters. The Kier molecular flexibility index (Phi) is 7.74. The molecule has 1 atom stereocenters. The lowest BCUT2D eigenvalue weighted by molar-refractivity contribution is -0.137. The Morgan fingerprint density at radius 2 is 1.85 bits per heavy atom. The predicted octanol–water partition coefficient (Wildman–Crippen LogP) is 2.68. The van der Waals surface area contributed by atoms with Gasteiger partial charge in [0.25, 0.3) is 0 Å². The van der Waals surface area contributed by atoms with E-state index < -0.39 is 18.1 Å². The molecule has 0 radical (unpaired) electrons. The molecule has 1 amide bonds. The van der Waals surface area contributed by atoms with Gasteiger partial charge in [-0.3, -0.25) is 4.98 Å². The van der Waals surface area contributed by atoms with Gasteiger partial charge in [-0.25, -0.2) is 19.6 Å². The molecule has 2 heterocycles. The molecule has 0 aliphatic carbocycles. The summed E-state index contributed by atoms with van der Waals surface area (Å²) in [5.41, 5.74) is 1.79. The van der Waals surface area contributed by atoms with E-state index >= 15 is 0 Å². The second kappa shape index (κ2) is 10.9. The molecule has 10 nitrogen and oxygen atoms in total. The van der Waals surface area contributed by atoms with Crippen molar-refractivity contribution in [3.63, 3.8) is 0 Å². The van der Waals surface area contributed by atoms with Crippen LogP contribution >= 0.6 is 0 Å². The minimum Gasteiger partial charge on any atom is -0.480 e. The average Bonchev–Trinajstić information content (AvgIpc) is 2.80. The van der Waals surface area contributed by atoms with Crippen LogP contribution < -0.4 is 15.0 Å². The maximum Gasteiger partial charge on any atom is 0.414 e. The number of rotatable bonds is 9. The van der Waals surface area contributed by atoms with Crippen LogP contribution in [0.2, 0.25) is 0 Å². The third-order valence-corrected chi connectivity index (χ3v) is 4.74. The van der Waals surface area contributed by atoms with E-state index in [1.165, 1.54) is 11.2 Å². The summed E-state index contributed by atoms with van der Waals surface area (Å²) in [6, 6.07) is 11.3. The van der Waals surface area contributed by atoms with Crippen molar-refractivity contribution in [2.75, 3.05) is 31.4 Å². The number of nitrogens with zero attached hydrogens (tertiary/aromatic N) is 5. The number of aliphatic carboxylic acids is 1. The number of benzene rings is 1. The number of carbonyl (C=O) groups is 2. The number of carboxylic acid groups (broad SMARTS) is 1. The van der Waals surface area contributed by atoms with Crippen LogP contribution in [-0.4, -0.2) is 64.2 Å². The standard InChI is InChI=1S/C23H26N6O4/c1-28(2)23(32)33-18-8-6-16(7-9-18)11-19(22(30)31)27-20-12-21(26-15-25-20)29(3)14-17-5-4-10-24-13-17/h4-10,12-13,15,19H,11,14H2,1-3H3,(H,30,31)(H,25,26,27)/t19-/m0/s1. The second-order valence-corrected chi connectivity index (χ2v) is 7.62. The van der Waals surface area contributed by atoms with Crippen molar-refractivity contribution in [3.05, 3.63) is 72.3 Å². The van der Waals surface area contributed by atoms with Crippen LogP contribution in [0.25, 0.3) is 0 Å². The quantitative estimate of drug-likeness (QED) is 0.507. The third kappa shape index (κ3) is 6.89. The minimum absolute atomic E-state index is 0.210. The van der Waals surface area contributed by atoms with E-state index in [1.807, 2.05) is 24.1 Å². The molecule has 0 aliphatic rings. The average molecular weight is 450 g/mol. The number of hydrogen-bond donors (Lipinski definition) is 2. The van der Waals surface area contributed by atoms with Gasteiger partial charge in [0, 0.05) is 52.6 Å². The van der Waals surface area contributed by atoms with Crippen molar-refractivity contribution >= 4 is 23.7 Å². The highest BCUT2D eigenvalue weighted by atomic mass is 16.6. The van der Waals surface area contributed by atoms with E-state index in [1.54, 1.807) is 56.8 Å². The van der Waals surface area contributed by atoms with Crippen molar-refractivity contribution in [1.82, 2.24) is 19.9 Å². The fraction of sp³-hybridized carbons (Fsp3) is 0.261. The summed E-state index contributed by atoms with van der Waals surface area (Å²) in [4.78, 5) is 39.3. The largest absolute Gasteiger partial charge is 0.480 e. The van der Waals surface area contributed by atoms with Gasteiger partial charge < -0.3 is 25.0 Å². The number of nitrogens with one attached hydrogen (secondary N) is 1. The number of ether oxygens (including phenoxy) is 1. The van der Waals surface area contributed by atoms with Crippen LogP contribution in [0.4, 0.5) is 16.4 Å². The first-order chi connectivity index (χ1) is 15.8. The van der Waals surface area contributed by atoms with E-state index in [9.17, 15) is 14.7 Å². The van der Waals surface area contributed by atoms with Gasteiger partial charge >= 0.3 is 12.1 Å². The lowest BCUT2D eigenvalue weighted by Crippen LogP contribution is -2.32. The lowest BCUT2D eigenvalue weighted by atomic mass is 10.1. The smallest absolute Gasteiger partial charge is 0.414 e. The van der Waals surface area contributed by atoms with Gasteiger partial charge in [0.1, 0.15) is 29.8 Å². The van der Waals surface area contributed by atoms with Crippen molar-refractivity contribution in [2.45, 2.75) is 19.0 Å². The van der Waals surface area contributed by atoms with Crippen molar-refractivity contribution in [1.29, 1.82) is 0 Å². The Morgan fingerprint density at radius 1 is 1.09 bits per heavy atom. The number of pyridine rings is 1. The molecule has 33 heavy (non-hydrogen) atoms. The van der Waals surface area contributed by atoms with Gasteiger partial charge in [0.15, 0.2) is 0 Å². The lowest BCUT2D eigenvalue weighted by Gasteiger charge is -2.20. The second-order valence-electron chi connectivity index (χ2n) is 7.62. The van der Waals surface area contributed by atoms with Crippen LogP contribution in [-0.2, 0) is 17.8 Å². The molecule has 10 heteroatoms. The summed E-state index contributed by atoms with van der Waals surface area (Å²) in [7, 11) is 5.07. The fourth-order valence-corrected chi connectivity index (χ4v) is 2.98. The van der Waals surface area contributed by atoms with Gasteiger partial charge in [-0.2, -0.15) is 0 Å². The highest BCUT2D eigenvalue weighted by Crippen LogP contribution is 2.18. The van der Waals surface area contributed by atoms with Crippen molar-refractivity contribution in [3.8, 4) is 5.75 Å². The first-order valence-corrected chi connectivity index (χ1v) is 10.2. The summed E-state index contributed by atoms with van der Waals surface area (Å²) >= 11 is 0. The Balaban J connectivity index is 1.65.